The van der Waals surface area contributed by atoms with E-state index in [4.69, 9.17) is 16.2 Å². The van der Waals surface area contributed by atoms with E-state index in [1.54, 1.807) is 6.07 Å². The first kappa shape index (κ1) is 11.0. The molecule has 0 saturated heterocycles. The van der Waals surface area contributed by atoms with Gasteiger partial charge in [-0.15, -0.1) is 5.10 Å². The van der Waals surface area contributed by atoms with Gasteiger partial charge >= 0.3 is 0 Å². The molecule has 80 valence electrons. The highest BCUT2D eigenvalue weighted by Crippen LogP contribution is 2.18. The Morgan fingerprint density at radius 2 is 2.20 bits per heavy atom. The molecule has 4 N–H and O–H groups in total. The highest BCUT2D eigenvalue weighted by atomic mass is 19.1. The van der Waals surface area contributed by atoms with Crippen LogP contribution >= 0.6 is 0 Å². The third-order valence-electron chi connectivity index (χ3n) is 1.58. The lowest BCUT2D eigenvalue weighted by atomic mass is 10.2. The molecule has 0 aliphatic rings. The molecule has 1 aromatic carbocycles. The first-order chi connectivity index (χ1) is 7.15. The summed E-state index contributed by atoms with van der Waals surface area (Å²) in [6.07, 6.45) is 1.21. The van der Waals surface area contributed by atoms with Crippen LogP contribution in [0.15, 0.2) is 28.4 Å². The van der Waals surface area contributed by atoms with Gasteiger partial charge in [-0.2, -0.15) is 5.10 Å². The normalized spacial score (nSPS) is 10.3. The summed E-state index contributed by atoms with van der Waals surface area (Å²) >= 11 is 0. The van der Waals surface area contributed by atoms with Crippen LogP contribution in [0.25, 0.3) is 0 Å². The van der Waals surface area contributed by atoms with Crippen molar-refractivity contribution in [1.29, 1.82) is 0 Å². The molecular formula is C9H11FN4O. The van der Waals surface area contributed by atoms with Crippen molar-refractivity contribution in [2.75, 3.05) is 7.11 Å². The van der Waals surface area contributed by atoms with E-state index >= 15 is 0 Å². The molecule has 0 bridgehead atoms. The molecule has 0 fully saturated rings. The predicted octanol–water partition coefficient (Wildman–Crippen LogP) is 0.442. The highest BCUT2D eigenvalue weighted by molar-refractivity contribution is 5.82. The zero-order chi connectivity index (χ0) is 11.3. The number of benzene rings is 1. The number of guanidine groups is 1. The summed E-state index contributed by atoms with van der Waals surface area (Å²) in [6, 6.07) is 4.68. The summed E-state index contributed by atoms with van der Waals surface area (Å²) in [5.41, 5.74) is 10.3. The second-order valence-electron chi connectivity index (χ2n) is 2.63. The van der Waals surface area contributed by atoms with Crippen molar-refractivity contribution in [1.82, 2.24) is 0 Å². The van der Waals surface area contributed by atoms with E-state index in [0.29, 0.717) is 0 Å². The monoisotopic (exact) mass is 210 g/mol. The molecule has 0 aliphatic carbocycles. The van der Waals surface area contributed by atoms with Gasteiger partial charge in [0.2, 0.25) is 5.96 Å². The van der Waals surface area contributed by atoms with Gasteiger partial charge in [0, 0.05) is 5.56 Å². The second kappa shape index (κ2) is 4.94. The zero-order valence-corrected chi connectivity index (χ0v) is 8.14. The maximum atomic E-state index is 13.5. The fraction of sp³-hybridized carbons (Fsp3) is 0.111. The molecule has 0 amide bonds. The molecule has 0 heterocycles. The molecule has 6 heteroatoms. The van der Waals surface area contributed by atoms with Crippen LogP contribution in [-0.4, -0.2) is 19.3 Å². The number of methoxy groups -OCH3 is 1. The van der Waals surface area contributed by atoms with Crippen LogP contribution in [0.1, 0.15) is 5.56 Å². The van der Waals surface area contributed by atoms with Gasteiger partial charge in [-0.1, -0.05) is 12.1 Å². The summed E-state index contributed by atoms with van der Waals surface area (Å²) in [5.74, 6) is -0.548. The molecule has 0 saturated carbocycles. The molecule has 0 radical (unpaired) electrons. The second-order valence-corrected chi connectivity index (χ2v) is 2.63. The van der Waals surface area contributed by atoms with Gasteiger partial charge in [-0.3, -0.25) is 0 Å². The number of hydrogen-bond donors (Lipinski definition) is 2. The fourth-order valence-corrected chi connectivity index (χ4v) is 0.943. The summed E-state index contributed by atoms with van der Waals surface area (Å²) < 4.78 is 18.3. The van der Waals surface area contributed by atoms with E-state index < -0.39 is 5.82 Å². The average Bonchev–Trinajstić information content (AvgIpc) is 2.20. The van der Waals surface area contributed by atoms with Crippen LogP contribution in [-0.2, 0) is 0 Å². The number of halogens is 1. The van der Waals surface area contributed by atoms with Gasteiger partial charge in [-0.25, -0.2) is 4.39 Å². The van der Waals surface area contributed by atoms with Gasteiger partial charge in [0.05, 0.1) is 13.3 Å². The van der Waals surface area contributed by atoms with Gasteiger partial charge < -0.3 is 16.2 Å². The Hall–Kier alpha value is -2.11. The number of nitrogens with zero attached hydrogens (tertiary/aromatic N) is 2. The first-order valence-corrected chi connectivity index (χ1v) is 4.09. The van der Waals surface area contributed by atoms with Crippen molar-refractivity contribution in [3.8, 4) is 5.75 Å². The van der Waals surface area contributed by atoms with Crippen molar-refractivity contribution in [3.05, 3.63) is 29.6 Å². The Balaban J connectivity index is 2.95. The topological polar surface area (TPSA) is 86.0 Å². The van der Waals surface area contributed by atoms with E-state index in [9.17, 15) is 4.39 Å². The standard InChI is InChI=1S/C9H11FN4O/c1-15-7-4-2-3-6(8(7)10)5-13-14-9(11)12/h2-5H,1H3,(H4,11,12,14). The lowest BCUT2D eigenvalue weighted by Crippen LogP contribution is -2.21. The van der Waals surface area contributed by atoms with E-state index in [1.165, 1.54) is 25.5 Å². The van der Waals surface area contributed by atoms with E-state index in [1.807, 2.05) is 0 Å². The van der Waals surface area contributed by atoms with E-state index in [2.05, 4.69) is 10.2 Å². The minimum atomic E-state index is -0.505. The molecule has 1 rings (SSSR count). The smallest absolute Gasteiger partial charge is 0.211 e. The fourth-order valence-electron chi connectivity index (χ4n) is 0.943. The van der Waals surface area contributed by atoms with Crippen LogP contribution in [0.5, 0.6) is 5.75 Å². The lowest BCUT2D eigenvalue weighted by molar-refractivity contribution is 0.386. The summed E-state index contributed by atoms with van der Waals surface area (Å²) in [6.45, 7) is 0. The highest BCUT2D eigenvalue weighted by Gasteiger charge is 2.05. The van der Waals surface area contributed by atoms with Crippen molar-refractivity contribution >= 4 is 12.2 Å². The molecule has 5 nitrogen and oxygen atoms in total. The van der Waals surface area contributed by atoms with E-state index in [-0.39, 0.29) is 17.3 Å². The Labute approximate surface area is 86.2 Å². The molecule has 1 aromatic rings. The zero-order valence-electron chi connectivity index (χ0n) is 8.14. The first-order valence-electron chi connectivity index (χ1n) is 4.09. The Morgan fingerprint density at radius 1 is 1.47 bits per heavy atom. The van der Waals surface area contributed by atoms with Gasteiger partial charge in [-0.05, 0) is 6.07 Å². The van der Waals surface area contributed by atoms with Crippen molar-refractivity contribution in [3.63, 3.8) is 0 Å². The van der Waals surface area contributed by atoms with Gasteiger partial charge in [0.1, 0.15) is 0 Å². The molecule has 0 atom stereocenters. The third-order valence-corrected chi connectivity index (χ3v) is 1.58. The van der Waals surface area contributed by atoms with Gasteiger partial charge in [0.15, 0.2) is 11.6 Å². The van der Waals surface area contributed by atoms with Crippen LogP contribution in [0.2, 0.25) is 0 Å². The largest absolute Gasteiger partial charge is 0.494 e. The van der Waals surface area contributed by atoms with Crippen molar-refractivity contribution in [2.45, 2.75) is 0 Å². The maximum absolute atomic E-state index is 13.5. The van der Waals surface area contributed by atoms with E-state index in [0.717, 1.165) is 0 Å². The van der Waals surface area contributed by atoms with Crippen LogP contribution in [0.3, 0.4) is 0 Å². The lowest BCUT2D eigenvalue weighted by Gasteiger charge is -2.02. The quantitative estimate of drug-likeness (QED) is 0.431. The van der Waals surface area contributed by atoms with Crippen molar-refractivity contribution in [2.24, 2.45) is 21.7 Å². The Bertz CT molecular complexity index is 399. The summed E-state index contributed by atoms with van der Waals surface area (Å²) in [5, 5.41) is 6.85. The minimum Gasteiger partial charge on any atom is -0.494 e. The minimum absolute atomic E-state index is 0.142. The molecule has 0 unspecified atom stereocenters. The average molecular weight is 210 g/mol. The number of ether oxygens (including phenoxy) is 1. The van der Waals surface area contributed by atoms with Crippen LogP contribution in [0, 0.1) is 5.82 Å². The number of rotatable bonds is 3. The maximum Gasteiger partial charge on any atom is 0.211 e. The Kier molecular flexibility index (Phi) is 3.61. The molecule has 0 spiro atoms. The SMILES string of the molecule is COc1cccc(C=NN=C(N)N)c1F. The Morgan fingerprint density at radius 3 is 2.80 bits per heavy atom. The number of nitrogens with two attached hydrogens (primary N) is 2. The molecular weight excluding hydrogens is 199 g/mol. The molecule has 15 heavy (non-hydrogen) atoms. The van der Waals surface area contributed by atoms with Crippen LogP contribution in [0.4, 0.5) is 4.39 Å². The van der Waals surface area contributed by atoms with Gasteiger partial charge in [0.25, 0.3) is 0 Å². The predicted molar refractivity (Wildman–Crippen MR) is 56.4 cm³/mol. The van der Waals surface area contributed by atoms with Crippen LogP contribution < -0.4 is 16.2 Å². The molecule has 0 aliphatic heterocycles. The summed E-state index contributed by atoms with van der Waals surface area (Å²) in [4.78, 5) is 0. The number of hydrogen-bond acceptors (Lipinski definition) is 3. The summed E-state index contributed by atoms with van der Waals surface area (Å²) in [7, 11) is 1.38. The molecule has 0 aromatic heterocycles. The van der Waals surface area contributed by atoms with Crippen molar-refractivity contribution < 1.29 is 9.13 Å². The third kappa shape index (κ3) is 2.94.